The second kappa shape index (κ2) is 8.84. The maximum atomic E-state index is 9.67. The lowest BCUT2D eigenvalue weighted by Gasteiger charge is -1.55. The Balaban J connectivity index is -0.0000000450. The highest BCUT2D eigenvalue weighted by Crippen LogP contribution is 1.80. The van der Waals surface area contributed by atoms with E-state index in [0.717, 1.165) is 0 Å². The standard InChI is InChI=1S/CH4.BF3.FH/c;2-1(3)4;/h1H4;;1H. The smallest absolute Gasteiger partial charge is 0.269 e. The molecule has 0 saturated carbocycles. The van der Waals surface area contributed by atoms with Crippen LogP contribution in [-0.2, 0) is 0 Å². The Labute approximate surface area is 33.9 Å². The summed E-state index contributed by atoms with van der Waals surface area (Å²) in [4.78, 5) is 0. The van der Waals surface area contributed by atoms with Crippen LogP contribution in [0.1, 0.15) is 7.43 Å². The van der Waals surface area contributed by atoms with Gasteiger partial charge in [0.1, 0.15) is 0 Å². The molecule has 0 atom stereocenters. The van der Waals surface area contributed by atoms with Gasteiger partial charge in [0.15, 0.2) is 0 Å². The van der Waals surface area contributed by atoms with E-state index < -0.39 is 7.54 Å². The average Bonchev–Trinajstić information content (AvgIpc) is 0.811. The van der Waals surface area contributed by atoms with E-state index >= 15 is 0 Å². The van der Waals surface area contributed by atoms with Crippen LogP contribution in [0.3, 0.4) is 0 Å². The minimum atomic E-state index is -3.67. The molecule has 0 heterocycles. The molecule has 0 aliphatic rings. The van der Waals surface area contributed by atoms with Crippen LogP contribution < -0.4 is 0 Å². The van der Waals surface area contributed by atoms with Crippen LogP contribution in [0, 0.1) is 0 Å². The van der Waals surface area contributed by atoms with Crippen LogP contribution in [0.25, 0.3) is 0 Å². The number of hydrogen-bond acceptors (Lipinski definition) is 0. The number of halogens is 4. The molecular formula is CH5BF4. The lowest BCUT2D eigenvalue weighted by atomic mass is 10.5. The first-order valence-corrected chi connectivity index (χ1v) is 0.655. The Hall–Kier alpha value is -0.215. The lowest BCUT2D eigenvalue weighted by Crippen LogP contribution is -1.76. The Kier molecular flexibility index (Phi) is 25.2. The van der Waals surface area contributed by atoms with E-state index in [1.54, 1.807) is 0 Å². The molecule has 0 aromatic rings. The molecule has 0 aromatic heterocycles. The molecule has 0 radical (unpaired) electrons. The van der Waals surface area contributed by atoms with Gasteiger partial charge in [-0.1, -0.05) is 7.43 Å². The summed E-state index contributed by atoms with van der Waals surface area (Å²) in [6, 6.07) is 0. The van der Waals surface area contributed by atoms with E-state index in [1.807, 2.05) is 0 Å². The van der Waals surface area contributed by atoms with Crippen molar-refractivity contribution in [3.8, 4) is 0 Å². The first-order chi connectivity index (χ1) is 1.73. The highest BCUT2D eigenvalue weighted by Gasteiger charge is 2.06. The van der Waals surface area contributed by atoms with E-state index in [0.29, 0.717) is 0 Å². The summed E-state index contributed by atoms with van der Waals surface area (Å²) in [5, 5.41) is 0. The molecule has 0 fully saturated rings. The average molecular weight is 104 g/mol. The van der Waals surface area contributed by atoms with Crippen LogP contribution in [0.15, 0.2) is 0 Å². The van der Waals surface area contributed by atoms with Gasteiger partial charge in [-0.2, -0.15) is 0 Å². The predicted octanol–water partition coefficient (Wildman–Crippen LogP) is 1.67. The summed E-state index contributed by atoms with van der Waals surface area (Å²) in [7, 11) is -3.67. The summed E-state index contributed by atoms with van der Waals surface area (Å²) in [5.41, 5.74) is 0. The van der Waals surface area contributed by atoms with Gasteiger partial charge in [-0.15, -0.1) is 0 Å². The molecule has 5 heteroatoms. The van der Waals surface area contributed by atoms with Crippen LogP contribution in [0.4, 0.5) is 17.7 Å². The summed E-state index contributed by atoms with van der Waals surface area (Å²) in [5.74, 6) is 0. The van der Waals surface area contributed by atoms with E-state index in [2.05, 4.69) is 0 Å². The van der Waals surface area contributed by atoms with Gasteiger partial charge in [0.25, 0.3) is 0 Å². The van der Waals surface area contributed by atoms with Crippen molar-refractivity contribution in [3.05, 3.63) is 0 Å². The first-order valence-electron chi connectivity index (χ1n) is 0.655. The van der Waals surface area contributed by atoms with E-state index in [4.69, 9.17) is 0 Å². The largest absolute Gasteiger partial charge is 0.762 e. The Morgan fingerprint density at radius 3 is 1.00 bits per heavy atom. The maximum Gasteiger partial charge on any atom is 0.762 e. The molecule has 0 aliphatic carbocycles. The molecule has 0 rings (SSSR count). The zero-order valence-corrected chi connectivity index (χ0v) is 2.12. The Morgan fingerprint density at radius 2 is 1.00 bits per heavy atom. The van der Waals surface area contributed by atoms with Crippen molar-refractivity contribution < 1.29 is 17.7 Å². The molecule has 0 nitrogen and oxygen atoms in total. The van der Waals surface area contributed by atoms with Gasteiger partial charge >= 0.3 is 7.54 Å². The third-order valence-corrected chi connectivity index (χ3v) is 0. The molecule has 0 aliphatic heterocycles. The Bertz CT molecular complexity index is 12.3. The molecule has 0 N–H and O–H groups in total. The third-order valence-electron chi connectivity index (χ3n) is 0. The van der Waals surface area contributed by atoms with Crippen LogP contribution in [-0.4, -0.2) is 7.54 Å². The fourth-order valence-electron chi connectivity index (χ4n) is 0. The third kappa shape index (κ3) is 635. The number of rotatable bonds is 0. The van der Waals surface area contributed by atoms with E-state index in [-0.39, 0.29) is 12.1 Å². The fourth-order valence-corrected chi connectivity index (χ4v) is 0. The van der Waals surface area contributed by atoms with E-state index in [9.17, 15) is 12.9 Å². The van der Waals surface area contributed by atoms with Crippen molar-refractivity contribution >= 4 is 7.54 Å². The normalized spacial score (nSPS) is 4.50. The molecule has 0 spiro atoms. The topological polar surface area (TPSA) is 0 Å². The van der Waals surface area contributed by atoms with Gasteiger partial charge in [-0.25, -0.2) is 0 Å². The SMILES string of the molecule is C.F.FB(F)F. The highest BCUT2D eigenvalue weighted by atomic mass is 19.4. The first kappa shape index (κ1) is 17.1. The van der Waals surface area contributed by atoms with Crippen molar-refractivity contribution in [3.63, 3.8) is 0 Å². The molecule has 0 amide bonds. The molecule has 0 aromatic carbocycles. The second-order valence-electron chi connectivity index (χ2n) is 0.247. The highest BCUT2D eigenvalue weighted by molar-refractivity contribution is 6.33. The zero-order chi connectivity index (χ0) is 3.58. The summed E-state index contributed by atoms with van der Waals surface area (Å²) < 4.78 is 29.0. The van der Waals surface area contributed by atoms with Crippen molar-refractivity contribution in [2.45, 2.75) is 7.43 Å². The van der Waals surface area contributed by atoms with Crippen LogP contribution in [0.5, 0.6) is 0 Å². The van der Waals surface area contributed by atoms with Crippen LogP contribution in [0.2, 0.25) is 0 Å². The van der Waals surface area contributed by atoms with Crippen LogP contribution >= 0.6 is 0 Å². The Morgan fingerprint density at radius 1 is 1.00 bits per heavy atom. The molecule has 0 saturated heterocycles. The quantitative estimate of drug-likeness (QED) is 0.323. The zero-order valence-electron chi connectivity index (χ0n) is 2.12. The molecule has 0 unspecified atom stereocenters. The second-order valence-corrected chi connectivity index (χ2v) is 0.247. The van der Waals surface area contributed by atoms with Gasteiger partial charge in [0, 0.05) is 0 Å². The van der Waals surface area contributed by atoms with Gasteiger partial charge in [0.05, 0.1) is 0 Å². The van der Waals surface area contributed by atoms with Gasteiger partial charge in [-0.3, -0.25) is 17.7 Å². The summed E-state index contributed by atoms with van der Waals surface area (Å²) >= 11 is 0. The molecule has 0 bridgehead atoms. The maximum absolute atomic E-state index is 9.67. The number of hydrogen-bond donors (Lipinski definition) is 0. The van der Waals surface area contributed by atoms with Gasteiger partial charge in [0.2, 0.25) is 0 Å². The minimum Gasteiger partial charge on any atom is -0.269 e. The molecule has 40 valence electrons. The summed E-state index contributed by atoms with van der Waals surface area (Å²) in [6.07, 6.45) is 0. The summed E-state index contributed by atoms with van der Waals surface area (Å²) in [6.45, 7) is 0. The van der Waals surface area contributed by atoms with Crippen molar-refractivity contribution in [1.82, 2.24) is 0 Å². The minimum absolute atomic E-state index is 0. The predicted molar refractivity (Wildman–Crippen MR) is 18.3 cm³/mol. The van der Waals surface area contributed by atoms with Crippen molar-refractivity contribution in [1.29, 1.82) is 0 Å². The monoisotopic (exact) mass is 104 g/mol. The lowest BCUT2D eigenvalue weighted by molar-refractivity contribution is 0.535. The van der Waals surface area contributed by atoms with E-state index in [1.165, 1.54) is 0 Å². The van der Waals surface area contributed by atoms with Gasteiger partial charge < -0.3 is 0 Å². The van der Waals surface area contributed by atoms with Crippen molar-refractivity contribution in [2.24, 2.45) is 0 Å². The fraction of sp³-hybridized carbons (Fsp3) is 1.00. The molecule has 6 heavy (non-hydrogen) atoms. The molecular weight excluding hydrogens is 98.8 g/mol. The van der Waals surface area contributed by atoms with Gasteiger partial charge in [-0.05, 0) is 0 Å². The van der Waals surface area contributed by atoms with Crippen molar-refractivity contribution in [2.75, 3.05) is 0 Å².